The van der Waals surface area contributed by atoms with Crippen molar-refractivity contribution >= 4 is 33.4 Å². The molecule has 2 heterocycles. The van der Waals surface area contributed by atoms with Gasteiger partial charge in [0, 0.05) is 6.54 Å². The van der Waals surface area contributed by atoms with Crippen LogP contribution in [0.2, 0.25) is 0 Å². The topological polar surface area (TPSA) is 90.3 Å². The molecule has 0 spiro atoms. The predicted octanol–water partition coefficient (Wildman–Crippen LogP) is 3.44. The molecule has 1 amide bonds. The number of hydrogen-bond acceptors (Lipinski definition) is 6. The normalized spacial score (nSPS) is 10.8. The molecule has 0 atom stereocenters. The van der Waals surface area contributed by atoms with Gasteiger partial charge in [0.1, 0.15) is 22.9 Å². The molecule has 0 saturated heterocycles. The molecule has 1 N–H and O–H groups in total. The van der Waals surface area contributed by atoms with Crippen LogP contribution in [0, 0.1) is 6.92 Å². The number of amides is 1. The summed E-state index contributed by atoms with van der Waals surface area (Å²) < 4.78 is 6.66. The molecule has 2 aromatic heterocycles. The van der Waals surface area contributed by atoms with E-state index in [1.807, 2.05) is 60.7 Å². The average Bonchev–Trinajstić information content (AvgIpc) is 3.16. The summed E-state index contributed by atoms with van der Waals surface area (Å²) >= 11 is 1.12. The van der Waals surface area contributed by atoms with Gasteiger partial charge in [-0.15, -0.1) is 11.3 Å². The fourth-order valence-electron chi connectivity index (χ4n) is 3.26. The summed E-state index contributed by atoms with van der Waals surface area (Å²) in [5.41, 5.74) is 2.00. The third-order valence-electron chi connectivity index (χ3n) is 4.96. The highest BCUT2D eigenvalue weighted by atomic mass is 32.1. The number of ether oxygens (including phenoxy) is 1. The monoisotopic (exact) mass is 447 g/mol. The van der Waals surface area contributed by atoms with Crippen molar-refractivity contribution < 1.29 is 14.3 Å². The van der Waals surface area contributed by atoms with Crippen LogP contribution in [-0.4, -0.2) is 21.4 Å². The molecule has 0 aliphatic heterocycles. The summed E-state index contributed by atoms with van der Waals surface area (Å²) in [7, 11) is 0. The number of thiophene rings is 1. The van der Waals surface area contributed by atoms with E-state index in [2.05, 4.69) is 10.3 Å². The molecule has 162 valence electrons. The van der Waals surface area contributed by atoms with Crippen LogP contribution in [0.1, 0.15) is 26.4 Å². The zero-order chi connectivity index (χ0) is 22.5. The number of esters is 1. The zero-order valence-electron chi connectivity index (χ0n) is 17.4. The van der Waals surface area contributed by atoms with Gasteiger partial charge in [0.2, 0.25) is 5.91 Å². The largest absolute Gasteiger partial charge is 0.457 e. The van der Waals surface area contributed by atoms with Crippen molar-refractivity contribution in [2.45, 2.75) is 26.6 Å². The number of aryl methyl sites for hydroxylation is 1. The number of carbonyl (C=O) groups excluding carboxylic acids is 2. The number of rotatable bonds is 7. The van der Waals surface area contributed by atoms with Gasteiger partial charge >= 0.3 is 5.97 Å². The Kier molecular flexibility index (Phi) is 6.42. The molecular weight excluding hydrogens is 426 g/mol. The van der Waals surface area contributed by atoms with Crippen LogP contribution in [0.15, 0.2) is 71.8 Å². The smallest absolute Gasteiger partial charge is 0.349 e. The lowest BCUT2D eigenvalue weighted by Gasteiger charge is -2.07. The first-order valence-corrected chi connectivity index (χ1v) is 10.8. The van der Waals surface area contributed by atoms with Crippen molar-refractivity contribution in [2.24, 2.45) is 0 Å². The van der Waals surface area contributed by atoms with Crippen LogP contribution >= 0.6 is 11.3 Å². The standard InChI is InChI=1S/C24H21N3O4S/c1-16-20-22(32-21(16)24(30)31-14-18-10-6-3-7-11-18)26-15-27(23(20)29)13-19(28)25-12-17-8-4-2-5-9-17/h2-11,15H,12-14H2,1H3,(H,25,28). The van der Waals surface area contributed by atoms with Crippen LogP contribution in [0.4, 0.5) is 0 Å². The molecule has 32 heavy (non-hydrogen) atoms. The fraction of sp³-hybridized carbons (Fsp3) is 0.167. The maximum Gasteiger partial charge on any atom is 0.349 e. The molecule has 0 fully saturated rings. The lowest BCUT2D eigenvalue weighted by Crippen LogP contribution is -2.32. The highest BCUT2D eigenvalue weighted by Crippen LogP contribution is 2.27. The SMILES string of the molecule is Cc1c(C(=O)OCc2ccccc2)sc2ncn(CC(=O)NCc3ccccc3)c(=O)c12. The highest BCUT2D eigenvalue weighted by molar-refractivity contribution is 7.20. The average molecular weight is 448 g/mol. The lowest BCUT2D eigenvalue weighted by molar-refractivity contribution is -0.121. The van der Waals surface area contributed by atoms with Crippen LogP contribution in [0.5, 0.6) is 0 Å². The van der Waals surface area contributed by atoms with Crippen molar-refractivity contribution in [1.29, 1.82) is 0 Å². The molecular formula is C24H21N3O4S. The Labute approximate surface area is 188 Å². The van der Waals surface area contributed by atoms with E-state index in [1.165, 1.54) is 10.9 Å². The molecule has 2 aromatic carbocycles. The van der Waals surface area contributed by atoms with Crippen LogP contribution < -0.4 is 10.9 Å². The van der Waals surface area contributed by atoms with Crippen molar-refractivity contribution in [3.63, 3.8) is 0 Å². The first-order valence-electron chi connectivity index (χ1n) is 10.0. The minimum Gasteiger partial charge on any atom is -0.457 e. The summed E-state index contributed by atoms with van der Waals surface area (Å²) in [5, 5.41) is 3.13. The molecule has 0 aliphatic carbocycles. The van der Waals surface area contributed by atoms with Gasteiger partial charge < -0.3 is 10.1 Å². The molecule has 0 aliphatic rings. The Balaban J connectivity index is 1.48. The first-order chi connectivity index (χ1) is 15.5. The van der Waals surface area contributed by atoms with Crippen molar-refractivity contribution in [1.82, 2.24) is 14.9 Å². The Hall–Kier alpha value is -3.78. The zero-order valence-corrected chi connectivity index (χ0v) is 18.2. The third-order valence-corrected chi connectivity index (χ3v) is 6.14. The number of benzene rings is 2. The Morgan fingerprint density at radius 2 is 1.69 bits per heavy atom. The number of hydrogen-bond donors (Lipinski definition) is 1. The summed E-state index contributed by atoms with van der Waals surface area (Å²) in [6.45, 7) is 2.06. The number of nitrogens with zero attached hydrogens (tertiary/aromatic N) is 2. The third kappa shape index (κ3) is 4.76. The van der Waals surface area contributed by atoms with E-state index < -0.39 is 5.97 Å². The van der Waals surface area contributed by atoms with E-state index in [1.54, 1.807) is 6.92 Å². The van der Waals surface area contributed by atoms with Crippen LogP contribution in [0.3, 0.4) is 0 Å². The van der Waals surface area contributed by atoms with Gasteiger partial charge in [-0.2, -0.15) is 0 Å². The predicted molar refractivity (Wildman–Crippen MR) is 122 cm³/mol. The number of carbonyl (C=O) groups is 2. The molecule has 4 aromatic rings. The highest BCUT2D eigenvalue weighted by Gasteiger charge is 2.21. The lowest BCUT2D eigenvalue weighted by atomic mass is 10.2. The van der Waals surface area contributed by atoms with Crippen LogP contribution in [0.25, 0.3) is 10.2 Å². The van der Waals surface area contributed by atoms with Crippen molar-refractivity contribution in [3.8, 4) is 0 Å². The second-order valence-corrected chi connectivity index (χ2v) is 8.24. The fourth-order valence-corrected chi connectivity index (χ4v) is 4.30. The minimum absolute atomic E-state index is 0.145. The van der Waals surface area contributed by atoms with Crippen molar-refractivity contribution in [3.05, 3.63) is 98.9 Å². The maximum absolute atomic E-state index is 13.0. The minimum atomic E-state index is -0.499. The van der Waals surface area contributed by atoms with Gasteiger partial charge in [0.15, 0.2) is 0 Å². The van der Waals surface area contributed by atoms with Gasteiger partial charge in [-0.3, -0.25) is 14.2 Å². The quantitative estimate of drug-likeness (QED) is 0.438. The van der Waals surface area contributed by atoms with Gasteiger partial charge in [-0.25, -0.2) is 9.78 Å². The summed E-state index contributed by atoms with van der Waals surface area (Å²) in [5.74, 6) is -0.798. The van der Waals surface area contributed by atoms with Gasteiger partial charge in [0.25, 0.3) is 5.56 Å². The van der Waals surface area contributed by atoms with E-state index >= 15 is 0 Å². The number of nitrogens with one attached hydrogen (secondary N) is 1. The summed E-state index contributed by atoms with van der Waals surface area (Å²) in [6, 6.07) is 18.9. The van der Waals surface area contributed by atoms with Crippen LogP contribution in [-0.2, 0) is 29.2 Å². The van der Waals surface area contributed by atoms with E-state index in [9.17, 15) is 14.4 Å². The molecule has 7 nitrogen and oxygen atoms in total. The van der Waals surface area contributed by atoms with E-state index in [0.29, 0.717) is 27.2 Å². The second kappa shape index (κ2) is 9.57. The Morgan fingerprint density at radius 1 is 1.03 bits per heavy atom. The molecule has 0 saturated carbocycles. The van der Waals surface area contributed by atoms with Gasteiger partial charge in [-0.05, 0) is 23.6 Å². The summed E-state index contributed by atoms with van der Waals surface area (Å²) in [6.07, 6.45) is 1.34. The van der Waals surface area contributed by atoms with Crippen molar-refractivity contribution in [2.75, 3.05) is 0 Å². The molecule has 0 radical (unpaired) electrons. The molecule has 0 bridgehead atoms. The maximum atomic E-state index is 13.0. The Morgan fingerprint density at radius 3 is 2.38 bits per heavy atom. The second-order valence-electron chi connectivity index (χ2n) is 7.24. The van der Waals surface area contributed by atoms with Gasteiger partial charge in [-0.1, -0.05) is 60.7 Å². The summed E-state index contributed by atoms with van der Waals surface area (Å²) in [4.78, 5) is 43.0. The van der Waals surface area contributed by atoms with E-state index in [4.69, 9.17) is 4.74 Å². The van der Waals surface area contributed by atoms with Gasteiger partial charge in [0.05, 0.1) is 11.7 Å². The van der Waals surface area contributed by atoms with E-state index in [0.717, 1.165) is 22.5 Å². The number of fused-ring (bicyclic) bond motifs is 1. The van der Waals surface area contributed by atoms with E-state index in [-0.39, 0.29) is 24.6 Å². The first kappa shape index (κ1) is 21.5. The Bertz CT molecular complexity index is 1310. The molecule has 8 heteroatoms. The number of aromatic nitrogens is 2. The molecule has 4 rings (SSSR count). The molecule has 0 unspecified atom stereocenters.